The number of carbonyl (C=O) groups excluding carboxylic acids is 4. The van der Waals surface area contributed by atoms with Crippen molar-refractivity contribution in [2.75, 3.05) is 19.8 Å². The molecule has 3 saturated heterocycles. The van der Waals surface area contributed by atoms with Crippen molar-refractivity contribution in [1.82, 2.24) is 0 Å². The molecule has 3 aliphatic heterocycles. The van der Waals surface area contributed by atoms with Crippen molar-refractivity contribution < 1.29 is 57.1 Å². The number of rotatable bonds is 11. The molecule has 0 aromatic heterocycles. The van der Waals surface area contributed by atoms with Gasteiger partial charge in [-0.05, 0) is 140 Å². The molecule has 4 aliphatic carbocycles. The fourth-order valence-electron chi connectivity index (χ4n) is 14.7. The Balaban J connectivity index is 0.914. The zero-order chi connectivity index (χ0) is 50.5. The molecular formula is C61H68O12. The van der Waals surface area contributed by atoms with Crippen LogP contribution in [0.5, 0.6) is 0 Å². The van der Waals surface area contributed by atoms with Gasteiger partial charge < -0.3 is 37.9 Å². The summed E-state index contributed by atoms with van der Waals surface area (Å²) >= 11 is 0. The van der Waals surface area contributed by atoms with Crippen molar-refractivity contribution in [3.8, 4) is 0 Å². The van der Waals surface area contributed by atoms with Crippen molar-refractivity contribution in [3.63, 3.8) is 0 Å². The fraction of sp³-hybridized carbons (Fsp3) is 0.508. The molecule has 0 bridgehead atoms. The Morgan fingerprint density at radius 1 is 0.630 bits per heavy atom. The van der Waals surface area contributed by atoms with Crippen LogP contribution in [0, 0.1) is 46.3 Å². The number of hydrogen-bond acceptors (Lipinski definition) is 12. The Morgan fingerprint density at radius 2 is 1.22 bits per heavy atom. The first-order chi connectivity index (χ1) is 35.3. The minimum absolute atomic E-state index is 0.0812. The van der Waals surface area contributed by atoms with E-state index < -0.39 is 66.5 Å². The van der Waals surface area contributed by atoms with Gasteiger partial charge in [0.25, 0.3) is 0 Å². The molecule has 0 unspecified atom stereocenters. The van der Waals surface area contributed by atoms with E-state index in [0.717, 1.165) is 51.6 Å². The second-order valence-electron chi connectivity index (χ2n) is 22.6. The summed E-state index contributed by atoms with van der Waals surface area (Å²) in [6.45, 7) is 9.52. The Bertz CT molecular complexity index is 2670. The van der Waals surface area contributed by atoms with Gasteiger partial charge in [0.05, 0.1) is 47.7 Å². The molecule has 73 heavy (non-hydrogen) atoms. The van der Waals surface area contributed by atoms with Crippen LogP contribution in [-0.2, 0) is 37.9 Å². The fourth-order valence-corrected chi connectivity index (χ4v) is 14.7. The minimum Gasteiger partial charge on any atom is -0.456 e. The maximum absolute atomic E-state index is 14.4. The third kappa shape index (κ3) is 9.14. The van der Waals surface area contributed by atoms with Crippen LogP contribution in [0.3, 0.4) is 0 Å². The number of esters is 4. The van der Waals surface area contributed by atoms with E-state index in [4.69, 9.17) is 37.9 Å². The molecule has 4 aromatic rings. The van der Waals surface area contributed by atoms with Gasteiger partial charge in [-0.3, -0.25) is 0 Å². The number of allylic oxidation sites excluding steroid dienone is 1. The number of carbonyl (C=O) groups is 4. The number of benzene rings is 4. The average molecular weight is 993 g/mol. The van der Waals surface area contributed by atoms with E-state index in [9.17, 15) is 19.2 Å². The second kappa shape index (κ2) is 19.9. The molecule has 1 spiro atoms. The van der Waals surface area contributed by atoms with Crippen LogP contribution >= 0.6 is 0 Å². The first-order valence-electron chi connectivity index (χ1n) is 26.6. The van der Waals surface area contributed by atoms with Gasteiger partial charge in [0.2, 0.25) is 5.79 Å². The molecule has 0 radical (unpaired) electrons. The SMILES string of the molecule is C[C@@H]1CC[C@@]2(OC1)O[C@H]1C[C@H]3[C@@H]4CC=C5C[C@@H](O[C@]6(COC(=O)c7ccccc7)OC[C@@H](OC(=O)c7ccccc7)[C@@H](OC(=O)c7ccccc7)[C@@H]6OC(=O)c6ccccc6)CC[C@]5(C)[C@H]4CC[C@]3(C)[C@H]1[C@@H]2C. The predicted molar refractivity (Wildman–Crippen MR) is 269 cm³/mol. The van der Waals surface area contributed by atoms with Crippen molar-refractivity contribution >= 4 is 23.9 Å². The van der Waals surface area contributed by atoms with Crippen LogP contribution in [0.15, 0.2) is 133 Å². The van der Waals surface area contributed by atoms with Gasteiger partial charge in [0.15, 0.2) is 24.1 Å². The smallest absolute Gasteiger partial charge is 0.338 e. The molecule has 12 nitrogen and oxygen atoms in total. The summed E-state index contributed by atoms with van der Waals surface area (Å²) in [6, 6.07) is 33.8. The van der Waals surface area contributed by atoms with Crippen LogP contribution in [0.4, 0.5) is 0 Å². The molecule has 0 N–H and O–H groups in total. The normalized spacial score (nSPS) is 37.3. The molecule has 3 saturated carbocycles. The maximum Gasteiger partial charge on any atom is 0.338 e. The largest absolute Gasteiger partial charge is 0.456 e. The Hall–Kier alpha value is -5.66. The van der Waals surface area contributed by atoms with E-state index >= 15 is 0 Å². The lowest BCUT2D eigenvalue weighted by atomic mass is 9.47. The standard InChI is InChI=1S/C61H68O12/c1-38-27-32-60(67-35-38)39(2)51-49(73-60)34-48-46-26-25-44-33-45(28-30-58(44,3)47(46)29-31-59(48,51)4)72-61(37-66-54(62)40-17-9-5-10-18-40)53(71-57(65)43-23-15-8-16-24-43)52(70-56(64)42-21-13-7-14-22-42)50(36-68-61)69-55(63)41-19-11-6-12-20-41/h5-25,38-39,45-53H,26-37H2,1-4H3/t38-,39+,45+,46-,47+,48+,49+,50-,51+,52-,53+,58+,59+,60-,61+/m1/s1. The van der Waals surface area contributed by atoms with Gasteiger partial charge in [0, 0.05) is 12.3 Å². The monoisotopic (exact) mass is 992 g/mol. The van der Waals surface area contributed by atoms with Gasteiger partial charge in [-0.25, -0.2) is 19.2 Å². The first-order valence-corrected chi connectivity index (χ1v) is 26.6. The molecule has 12 heteroatoms. The van der Waals surface area contributed by atoms with Crippen molar-refractivity contribution in [2.45, 2.75) is 128 Å². The topological polar surface area (TPSA) is 142 Å². The van der Waals surface area contributed by atoms with E-state index in [-0.39, 0.29) is 45.8 Å². The van der Waals surface area contributed by atoms with Gasteiger partial charge in [-0.2, -0.15) is 0 Å². The second-order valence-corrected chi connectivity index (χ2v) is 22.6. The summed E-state index contributed by atoms with van der Waals surface area (Å²) in [5.74, 6) is -2.47. The van der Waals surface area contributed by atoms with Crippen molar-refractivity contribution in [1.29, 1.82) is 0 Å². The summed E-state index contributed by atoms with van der Waals surface area (Å²) < 4.78 is 52.8. The predicted octanol–water partition coefficient (Wildman–Crippen LogP) is 11.0. The highest BCUT2D eigenvalue weighted by Gasteiger charge is 2.69. The lowest BCUT2D eigenvalue weighted by molar-refractivity contribution is -0.358. The molecule has 3 heterocycles. The molecule has 384 valence electrons. The molecule has 0 amide bonds. The quantitative estimate of drug-likeness (QED) is 0.0802. The van der Waals surface area contributed by atoms with Crippen LogP contribution in [0.1, 0.15) is 127 Å². The Morgan fingerprint density at radius 3 is 1.82 bits per heavy atom. The lowest BCUT2D eigenvalue weighted by Gasteiger charge is -2.59. The first kappa shape index (κ1) is 49.5. The van der Waals surface area contributed by atoms with E-state index in [2.05, 4.69) is 33.8 Å². The maximum atomic E-state index is 14.4. The zero-order valence-corrected chi connectivity index (χ0v) is 42.4. The van der Waals surface area contributed by atoms with Gasteiger partial charge in [-0.1, -0.05) is 112 Å². The van der Waals surface area contributed by atoms with E-state index in [1.807, 2.05) is 0 Å². The molecule has 15 atom stereocenters. The van der Waals surface area contributed by atoms with Gasteiger partial charge in [-0.15, -0.1) is 0 Å². The number of hydrogen-bond donors (Lipinski definition) is 0. The van der Waals surface area contributed by atoms with E-state index in [0.29, 0.717) is 48.3 Å². The molecule has 11 rings (SSSR count). The Kier molecular flexibility index (Phi) is 13.5. The third-order valence-electron chi connectivity index (χ3n) is 18.5. The Labute approximate surface area is 428 Å². The van der Waals surface area contributed by atoms with Crippen molar-refractivity contribution in [3.05, 3.63) is 155 Å². The van der Waals surface area contributed by atoms with Crippen LogP contribution in [0.25, 0.3) is 0 Å². The van der Waals surface area contributed by atoms with Crippen LogP contribution < -0.4 is 0 Å². The lowest BCUT2D eigenvalue weighted by Crippen LogP contribution is -2.68. The summed E-state index contributed by atoms with van der Waals surface area (Å²) in [4.78, 5) is 56.4. The molecule has 6 fully saturated rings. The number of fused-ring (bicyclic) bond motifs is 7. The highest BCUT2D eigenvalue weighted by Crippen LogP contribution is 2.71. The van der Waals surface area contributed by atoms with E-state index in [1.165, 1.54) is 5.57 Å². The molecule has 7 aliphatic rings. The summed E-state index contributed by atoms with van der Waals surface area (Å²) in [6.07, 6.45) is 6.22. The average Bonchev–Trinajstić information content (AvgIpc) is 3.87. The van der Waals surface area contributed by atoms with E-state index in [1.54, 1.807) is 121 Å². The number of ether oxygens (including phenoxy) is 8. The molecular weight excluding hydrogens is 925 g/mol. The van der Waals surface area contributed by atoms with Crippen LogP contribution in [0.2, 0.25) is 0 Å². The van der Waals surface area contributed by atoms with Gasteiger partial charge >= 0.3 is 23.9 Å². The highest BCUT2D eigenvalue weighted by atomic mass is 16.8. The zero-order valence-electron chi connectivity index (χ0n) is 42.4. The summed E-state index contributed by atoms with van der Waals surface area (Å²) in [7, 11) is 0. The van der Waals surface area contributed by atoms with Crippen molar-refractivity contribution in [2.24, 2.45) is 46.3 Å². The van der Waals surface area contributed by atoms with Crippen LogP contribution in [-0.4, -0.2) is 85.8 Å². The summed E-state index contributed by atoms with van der Waals surface area (Å²) in [5, 5.41) is 0. The van der Waals surface area contributed by atoms with Gasteiger partial charge in [0.1, 0.15) is 6.61 Å². The third-order valence-corrected chi connectivity index (χ3v) is 18.5. The summed E-state index contributed by atoms with van der Waals surface area (Å²) in [5.41, 5.74) is 2.38. The minimum atomic E-state index is -2.05. The molecule has 4 aromatic carbocycles. The highest BCUT2D eigenvalue weighted by molar-refractivity contribution is 5.91.